The van der Waals surface area contributed by atoms with Crippen molar-refractivity contribution in [2.75, 3.05) is 24.5 Å². The predicted molar refractivity (Wildman–Crippen MR) is 149 cm³/mol. The van der Waals surface area contributed by atoms with Crippen molar-refractivity contribution < 1.29 is 40.0 Å². The molecule has 1 amide bonds. The predicted octanol–water partition coefficient (Wildman–Crippen LogP) is 6.25. The van der Waals surface area contributed by atoms with Gasteiger partial charge in [-0.1, -0.05) is 36.9 Å². The number of fused-ring (bicyclic) bond motifs is 1. The minimum absolute atomic E-state index is 0.0472. The third-order valence-electron chi connectivity index (χ3n) is 6.63. The van der Waals surface area contributed by atoms with E-state index in [0.717, 1.165) is 17.3 Å². The average molecular weight is 595 g/mol. The second-order valence-corrected chi connectivity index (χ2v) is 12.4. The molecule has 222 valence electrons. The minimum Gasteiger partial charge on any atom is -0.457 e. The fourth-order valence-electron chi connectivity index (χ4n) is 4.70. The van der Waals surface area contributed by atoms with Crippen LogP contribution in [0.4, 0.5) is 23.7 Å². The number of hydrogen-bond acceptors (Lipinski definition) is 7. The number of benzene rings is 2. The Hall–Kier alpha value is -3.67. The number of alkyl halides is 3. The van der Waals surface area contributed by atoms with Crippen molar-refractivity contribution in [3.8, 4) is 5.75 Å². The number of nitrogens with zero attached hydrogens (tertiary/aromatic N) is 2. The number of halogens is 3. The molecule has 2 aromatic carbocycles. The number of ether oxygens (including phenoxy) is 2. The lowest BCUT2D eigenvalue weighted by Gasteiger charge is -2.40. The van der Waals surface area contributed by atoms with Crippen LogP contribution in [0.25, 0.3) is 5.76 Å². The Kier molecular flexibility index (Phi) is 8.62. The van der Waals surface area contributed by atoms with Crippen LogP contribution in [0.15, 0.2) is 66.9 Å². The van der Waals surface area contributed by atoms with Gasteiger partial charge in [0.25, 0.3) is 0 Å². The zero-order valence-corrected chi connectivity index (χ0v) is 23.9. The van der Waals surface area contributed by atoms with Gasteiger partial charge < -0.3 is 23.5 Å². The molecule has 0 bridgehead atoms. The zero-order chi connectivity index (χ0) is 30.0. The van der Waals surface area contributed by atoms with Crippen LogP contribution in [-0.2, 0) is 25.5 Å². The lowest BCUT2D eigenvalue weighted by atomic mass is 10.0. The van der Waals surface area contributed by atoms with Gasteiger partial charge in [-0.05, 0) is 57.7 Å². The van der Waals surface area contributed by atoms with E-state index >= 15 is 0 Å². The highest BCUT2D eigenvalue weighted by Gasteiger charge is 2.49. The monoisotopic (exact) mass is 594 g/mol. The van der Waals surface area contributed by atoms with Crippen LogP contribution in [0.1, 0.15) is 44.7 Å². The molecule has 2 aromatic rings. The van der Waals surface area contributed by atoms with Gasteiger partial charge in [0.15, 0.2) is 5.76 Å². The molecular weight excluding hydrogens is 561 g/mol. The Morgan fingerprint density at radius 2 is 1.76 bits per heavy atom. The summed E-state index contributed by atoms with van der Waals surface area (Å²) in [5.41, 5.74) is -4.31. The van der Waals surface area contributed by atoms with Crippen LogP contribution in [0.2, 0.25) is 0 Å². The standard InChI is InChI=1S/C29H33F3N2O6S/c1-20-18-26(40-41(36,37)29(30,31)32)24-11-10-23(19-25(24)38-20)33-15-13-22(14-16-33)34(27(35)39-28(2,3)4)17-12-21-8-6-5-7-9-21/h5-11,18-19,22H,1,12-17H2,2-4H3. The van der Waals surface area contributed by atoms with Crippen molar-refractivity contribution in [2.45, 2.75) is 57.2 Å². The summed E-state index contributed by atoms with van der Waals surface area (Å²) < 4.78 is 77.5. The molecule has 8 nitrogen and oxygen atoms in total. The maximum absolute atomic E-state index is 13.1. The number of hydrogen-bond donors (Lipinski definition) is 0. The van der Waals surface area contributed by atoms with Crippen LogP contribution in [-0.4, -0.2) is 56.2 Å². The highest BCUT2D eigenvalue weighted by atomic mass is 32.2. The summed E-state index contributed by atoms with van der Waals surface area (Å²) in [6.45, 7) is 10.8. The molecule has 0 N–H and O–H groups in total. The molecule has 0 aromatic heterocycles. The fourth-order valence-corrected chi connectivity index (χ4v) is 5.17. The first-order valence-electron chi connectivity index (χ1n) is 13.1. The number of carbonyl (C=O) groups excluding carboxylic acids is 1. The van der Waals surface area contributed by atoms with Gasteiger partial charge in [0, 0.05) is 43.5 Å². The summed E-state index contributed by atoms with van der Waals surface area (Å²) in [5, 5.41) is 0. The maximum Gasteiger partial charge on any atom is 0.534 e. The molecule has 0 saturated carbocycles. The number of allylic oxidation sites excluding steroid dienone is 1. The van der Waals surface area contributed by atoms with Crippen molar-refractivity contribution in [2.24, 2.45) is 0 Å². The highest BCUT2D eigenvalue weighted by Crippen LogP contribution is 2.40. The first kappa shape index (κ1) is 30.3. The van der Waals surface area contributed by atoms with Crippen LogP contribution in [0, 0.1) is 0 Å². The Morgan fingerprint density at radius 1 is 1.10 bits per heavy atom. The SMILES string of the molecule is C=C1C=C(OS(=O)(=O)C(F)(F)F)c2ccc(N3CCC(N(CCc4ccccc4)C(=O)OC(C)(C)C)CC3)cc2O1. The van der Waals surface area contributed by atoms with Gasteiger partial charge in [0.1, 0.15) is 17.1 Å². The topological polar surface area (TPSA) is 85.4 Å². The first-order chi connectivity index (χ1) is 19.1. The Morgan fingerprint density at radius 3 is 2.37 bits per heavy atom. The van der Waals surface area contributed by atoms with Crippen molar-refractivity contribution in [1.29, 1.82) is 0 Å². The first-order valence-corrected chi connectivity index (χ1v) is 14.6. The van der Waals surface area contributed by atoms with Gasteiger partial charge in [-0.2, -0.15) is 21.6 Å². The smallest absolute Gasteiger partial charge is 0.457 e. The van der Waals surface area contributed by atoms with E-state index in [4.69, 9.17) is 9.47 Å². The van der Waals surface area contributed by atoms with E-state index in [9.17, 15) is 26.4 Å². The third-order valence-corrected chi connectivity index (χ3v) is 7.60. The Balaban J connectivity index is 1.47. The van der Waals surface area contributed by atoms with E-state index in [0.29, 0.717) is 38.9 Å². The second-order valence-electron chi connectivity index (χ2n) is 10.9. The van der Waals surface area contributed by atoms with Gasteiger partial charge in [-0.25, -0.2) is 4.79 Å². The summed E-state index contributed by atoms with van der Waals surface area (Å²) in [6.07, 6.45) is 2.65. The molecule has 12 heteroatoms. The summed E-state index contributed by atoms with van der Waals surface area (Å²) in [7, 11) is -5.87. The van der Waals surface area contributed by atoms with E-state index in [2.05, 4.69) is 15.7 Å². The molecule has 2 heterocycles. The molecule has 0 atom stereocenters. The summed E-state index contributed by atoms with van der Waals surface area (Å²) in [4.78, 5) is 17.0. The second kappa shape index (κ2) is 11.7. The number of rotatable bonds is 7. The molecule has 2 aliphatic rings. The molecule has 0 aliphatic carbocycles. The summed E-state index contributed by atoms with van der Waals surface area (Å²) >= 11 is 0. The Labute approximate surface area is 238 Å². The summed E-state index contributed by atoms with van der Waals surface area (Å²) in [6, 6.07) is 14.6. The van der Waals surface area contributed by atoms with Crippen molar-refractivity contribution in [3.63, 3.8) is 0 Å². The fraction of sp³-hybridized carbons (Fsp3) is 0.414. The molecule has 2 aliphatic heterocycles. The molecule has 4 rings (SSSR count). The maximum atomic E-state index is 13.1. The van der Waals surface area contributed by atoms with Gasteiger partial charge in [0.05, 0.1) is 5.56 Å². The van der Waals surface area contributed by atoms with E-state index in [1.807, 2.05) is 51.1 Å². The van der Waals surface area contributed by atoms with Gasteiger partial charge in [-0.15, -0.1) is 0 Å². The van der Waals surface area contributed by atoms with Crippen LogP contribution in [0.5, 0.6) is 5.75 Å². The number of anilines is 1. The van der Waals surface area contributed by atoms with Crippen molar-refractivity contribution in [3.05, 3.63) is 78.1 Å². The number of carbonyl (C=O) groups is 1. The van der Waals surface area contributed by atoms with Crippen LogP contribution < -0.4 is 9.64 Å². The average Bonchev–Trinajstić information content (AvgIpc) is 2.87. The van der Waals surface area contributed by atoms with E-state index in [1.165, 1.54) is 6.07 Å². The van der Waals surface area contributed by atoms with Gasteiger partial charge >= 0.3 is 21.7 Å². The molecule has 41 heavy (non-hydrogen) atoms. The van der Waals surface area contributed by atoms with E-state index in [1.54, 1.807) is 17.0 Å². The molecule has 0 unspecified atom stereocenters. The lowest BCUT2D eigenvalue weighted by molar-refractivity contribution is -0.0509. The normalized spacial score (nSPS) is 16.4. The van der Waals surface area contributed by atoms with Crippen molar-refractivity contribution >= 4 is 27.7 Å². The van der Waals surface area contributed by atoms with Crippen LogP contribution in [0.3, 0.4) is 0 Å². The minimum atomic E-state index is -5.87. The third kappa shape index (κ3) is 7.55. The largest absolute Gasteiger partial charge is 0.534 e. The van der Waals surface area contributed by atoms with Crippen LogP contribution >= 0.6 is 0 Å². The number of amides is 1. The lowest BCUT2D eigenvalue weighted by Crippen LogP contribution is -2.49. The molecule has 1 saturated heterocycles. The van der Waals surface area contributed by atoms with E-state index in [-0.39, 0.29) is 29.2 Å². The highest BCUT2D eigenvalue weighted by molar-refractivity contribution is 7.87. The molecule has 0 radical (unpaired) electrons. The quantitative estimate of drug-likeness (QED) is 0.277. The summed E-state index contributed by atoms with van der Waals surface area (Å²) in [5.74, 6) is -0.458. The van der Waals surface area contributed by atoms with Gasteiger partial charge in [-0.3, -0.25) is 0 Å². The molecule has 1 fully saturated rings. The van der Waals surface area contributed by atoms with E-state index < -0.39 is 27.0 Å². The molecular formula is C29H33F3N2O6S. The Bertz CT molecular complexity index is 1410. The number of piperidine rings is 1. The zero-order valence-electron chi connectivity index (χ0n) is 23.1. The van der Waals surface area contributed by atoms with Gasteiger partial charge in [0.2, 0.25) is 0 Å². The molecule has 0 spiro atoms. The van der Waals surface area contributed by atoms with Crippen molar-refractivity contribution in [1.82, 2.24) is 4.90 Å².